The molecular weight excluding hydrogens is 239 g/mol. The number of nitrogens with one attached hydrogen (secondary N) is 2. The lowest BCUT2D eigenvalue weighted by Crippen LogP contribution is -2.45. The largest absolute Gasteiger partial charge is 0.478 e. The van der Waals surface area contributed by atoms with Crippen LogP contribution in [0.3, 0.4) is 0 Å². The van der Waals surface area contributed by atoms with Gasteiger partial charge in [0.15, 0.2) is 0 Å². The molecular formula is C12H11FN2O3. The molecule has 0 aromatic heterocycles. The van der Waals surface area contributed by atoms with E-state index in [-0.39, 0.29) is 11.3 Å². The minimum atomic E-state index is -1.13. The van der Waals surface area contributed by atoms with Crippen LogP contribution in [0.2, 0.25) is 0 Å². The van der Waals surface area contributed by atoms with Gasteiger partial charge in [0.1, 0.15) is 5.82 Å². The van der Waals surface area contributed by atoms with Crippen molar-refractivity contribution in [3.63, 3.8) is 0 Å². The highest BCUT2D eigenvalue weighted by Gasteiger charge is 2.30. The van der Waals surface area contributed by atoms with Crippen molar-refractivity contribution in [2.45, 2.75) is 13.0 Å². The van der Waals surface area contributed by atoms with E-state index in [9.17, 15) is 14.0 Å². The summed E-state index contributed by atoms with van der Waals surface area (Å²) in [5, 5.41) is 14.1. The molecule has 94 valence electrons. The molecule has 0 aliphatic carbocycles. The molecule has 0 fully saturated rings. The molecule has 5 nitrogen and oxygen atoms in total. The van der Waals surface area contributed by atoms with Gasteiger partial charge in [0.2, 0.25) is 0 Å². The highest BCUT2D eigenvalue weighted by molar-refractivity contribution is 5.93. The molecule has 2 amide bonds. The number of amides is 2. The van der Waals surface area contributed by atoms with E-state index >= 15 is 0 Å². The number of carboxylic acids is 1. The number of hydrogen-bond donors (Lipinski definition) is 3. The first-order chi connectivity index (χ1) is 8.49. The summed E-state index contributed by atoms with van der Waals surface area (Å²) in [7, 11) is 0. The van der Waals surface area contributed by atoms with Crippen LogP contribution in [0.5, 0.6) is 0 Å². The number of benzene rings is 1. The minimum Gasteiger partial charge on any atom is -0.478 e. The number of rotatable bonds is 2. The second-order valence-electron chi connectivity index (χ2n) is 3.93. The number of carboxylic acid groups (broad SMARTS) is 1. The Morgan fingerprint density at radius 3 is 2.50 bits per heavy atom. The van der Waals surface area contributed by atoms with Crippen LogP contribution in [0.1, 0.15) is 18.5 Å². The summed E-state index contributed by atoms with van der Waals surface area (Å²) in [6, 6.07) is 4.07. The topological polar surface area (TPSA) is 78.4 Å². The monoisotopic (exact) mass is 250 g/mol. The van der Waals surface area contributed by atoms with Gasteiger partial charge in [-0.3, -0.25) is 0 Å². The molecule has 1 unspecified atom stereocenters. The molecule has 1 aromatic carbocycles. The highest BCUT2D eigenvalue weighted by Crippen LogP contribution is 2.26. The van der Waals surface area contributed by atoms with Gasteiger partial charge < -0.3 is 15.7 Å². The summed E-state index contributed by atoms with van der Waals surface area (Å²) in [4.78, 5) is 22.6. The van der Waals surface area contributed by atoms with Crippen molar-refractivity contribution in [2.75, 3.05) is 0 Å². The molecule has 1 aliphatic rings. The fourth-order valence-electron chi connectivity index (χ4n) is 1.88. The van der Waals surface area contributed by atoms with Crippen LogP contribution in [0, 0.1) is 5.82 Å². The Kier molecular flexibility index (Phi) is 3.01. The van der Waals surface area contributed by atoms with E-state index in [1.807, 2.05) is 0 Å². The van der Waals surface area contributed by atoms with Crippen molar-refractivity contribution in [1.29, 1.82) is 0 Å². The zero-order valence-corrected chi connectivity index (χ0v) is 9.53. The van der Waals surface area contributed by atoms with Crippen molar-refractivity contribution in [3.8, 4) is 0 Å². The van der Waals surface area contributed by atoms with Crippen LogP contribution in [0.25, 0.3) is 0 Å². The van der Waals surface area contributed by atoms with E-state index in [4.69, 9.17) is 5.11 Å². The predicted molar refractivity (Wildman–Crippen MR) is 61.1 cm³/mol. The van der Waals surface area contributed by atoms with Crippen LogP contribution in [-0.2, 0) is 4.79 Å². The molecule has 3 N–H and O–H groups in total. The van der Waals surface area contributed by atoms with E-state index < -0.39 is 23.9 Å². The Morgan fingerprint density at radius 1 is 1.33 bits per heavy atom. The van der Waals surface area contributed by atoms with E-state index in [2.05, 4.69) is 10.6 Å². The Morgan fingerprint density at radius 2 is 1.94 bits per heavy atom. The average molecular weight is 250 g/mol. The maximum atomic E-state index is 12.8. The van der Waals surface area contributed by atoms with Crippen molar-refractivity contribution in [1.82, 2.24) is 10.6 Å². The Bertz CT molecular complexity index is 537. The molecule has 0 saturated carbocycles. The zero-order valence-electron chi connectivity index (χ0n) is 9.53. The van der Waals surface area contributed by atoms with E-state index in [1.54, 1.807) is 0 Å². The molecule has 0 radical (unpaired) electrons. The second-order valence-corrected chi connectivity index (χ2v) is 3.93. The maximum absolute atomic E-state index is 12.8. The number of allylic oxidation sites excluding steroid dienone is 1. The number of carbonyl (C=O) groups is 2. The number of aliphatic carboxylic acids is 1. The molecule has 1 aliphatic heterocycles. The average Bonchev–Trinajstić information content (AvgIpc) is 2.28. The third kappa shape index (κ3) is 2.17. The summed E-state index contributed by atoms with van der Waals surface area (Å²) in [6.07, 6.45) is 0. The lowest BCUT2D eigenvalue weighted by molar-refractivity contribution is -0.133. The Labute approximate surface area is 102 Å². The van der Waals surface area contributed by atoms with Gasteiger partial charge in [-0.1, -0.05) is 12.1 Å². The van der Waals surface area contributed by atoms with Gasteiger partial charge in [0.25, 0.3) is 0 Å². The maximum Gasteiger partial charge on any atom is 0.335 e. The first-order valence-corrected chi connectivity index (χ1v) is 5.26. The van der Waals surface area contributed by atoms with Crippen LogP contribution >= 0.6 is 0 Å². The molecule has 0 spiro atoms. The summed E-state index contributed by atoms with van der Waals surface area (Å²) in [6.45, 7) is 1.51. The fraction of sp³-hybridized carbons (Fsp3) is 0.167. The molecule has 0 saturated heterocycles. The summed E-state index contributed by atoms with van der Waals surface area (Å²) >= 11 is 0. The van der Waals surface area contributed by atoms with Crippen LogP contribution < -0.4 is 10.6 Å². The number of carbonyl (C=O) groups excluding carboxylic acids is 1. The lowest BCUT2D eigenvalue weighted by atomic mass is 9.96. The molecule has 1 aromatic rings. The lowest BCUT2D eigenvalue weighted by Gasteiger charge is -2.27. The van der Waals surface area contributed by atoms with Crippen molar-refractivity contribution in [3.05, 3.63) is 46.9 Å². The zero-order chi connectivity index (χ0) is 13.3. The van der Waals surface area contributed by atoms with Crippen LogP contribution in [0.4, 0.5) is 9.18 Å². The van der Waals surface area contributed by atoms with Gasteiger partial charge in [0, 0.05) is 5.70 Å². The molecule has 1 heterocycles. The number of hydrogen-bond acceptors (Lipinski definition) is 2. The van der Waals surface area contributed by atoms with Crippen molar-refractivity contribution in [2.24, 2.45) is 0 Å². The normalized spacial score (nSPS) is 19.2. The quantitative estimate of drug-likeness (QED) is 0.745. The van der Waals surface area contributed by atoms with Gasteiger partial charge in [-0.2, -0.15) is 0 Å². The van der Waals surface area contributed by atoms with Crippen molar-refractivity contribution >= 4 is 12.0 Å². The van der Waals surface area contributed by atoms with E-state index in [1.165, 1.54) is 31.2 Å². The highest BCUT2D eigenvalue weighted by atomic mass is 19.1. The first kappa shape index (κ1) is 12.1. The Balaban J connectivity index is 2.46. The summed E-state index contributed by atoms with van der Waals surface area (Å²) < 4.78 is 12.8. The molecule has 0 bridgehead atoms. The minimum absolute atomic E-state index is 0.0428. The first-order valence-electron chi connectivity index (χ1n) is 5.26. The smallest absolute Gasteiger partial charge is 0.335 e. The standard InChI is InChI=1S/C12H11FN2O3/c1-6-9(11(16)17)10(15-12(18)14-6)7-2-4-8(13)5-3-7/h2-5,10H,1H3,(H,16,17)(H2,14,15,18). The van der Waals surface area contributed by atoms with Gasteiger partial charge in [0.05, 0.1) is 11.6 Å². The number of halogens is 1. The van der Waals surface area contributed by atoms with Crippen molar-refractivity contribution < 1.29 is 19.1 Å². The predicted octanol–water partition coefficient (Wildman–Crippen LogP) is 1.54. The number of urea groups is 1. The van der Waals surface area contributed by atoms with Gasteiger partial charge >= 0.3 is 12.0 Å². The van der Waals surface area contributed by atoms with E-state index in [0.717, 1.165) is 0 Å². The van der Waals surface area contributed by atoms with Gasteiger partial charge in [-0.15, -0.1) is 0 Å². The second kappa shape index (κ2) is 4.48. The summed E-state index contributed by atoms with van der Waals surface area (Å²) in [5.41, 5.74) is 0.838. The molecule has 18 heavy (non-hydrogen) atoms. The molecule has 2 rings (SSSR count). The SMILES string of the molecule is CC1=C(C(=O)O)C(c2ccc(F)cc2)NC(=O)N1. The van der Waals surface area contributed by atoms with Gasteiger partial charge in [-0.05, 0) is 24.6 Å². The fourth-order valence-corrected chi connectivity index (χ4v) is 1.88. The van der Waals surface area contributed by atoms with Gasteiger partial charge in [-0.25, -0.2) is 14.0 Å². The third-order valence-corrected chi connectivity index (χ3v) is 2.70. The van der Waals surface area contributed by atoms with Crippen LogP contribution in [-0.4, -0.2) is 17.1 Å². The molecule has 6 heteroatoms. The molecule has 1 atom stereocenters. The van der Waals surface area contributed by atoms with E-state index in [0.29, 0.717) is 5.56 Å². The summed E-state index contributed by atoms with van der Waals surface area (Å²) in [5.74, 6) is -1.55. The third-order valence-electron chi connectivity index (χ3n) is 2.70. The van der Waals surface area contributed by atoms with Crippen LogP contribution in [0.15, 0.2) is 35.5 Å². The Hall–Kier alpha value is -2.37.